The largest absolute Gasteiger partial charge is 0.543 e. The second-order valence-electron chi connectivity index (χ2n) is 11.4. The fourth-order valence-corrected chi connectivity index (χ4v) is 7.26. The maximum absolute atomic E-state index is 9.22. The molecule has 2 saturated carbocycles. The quantitative estimate of drug-likeness (QED) is 0.378. The van der Waals surface area contributed by atoms with Gasteiger partial charge in [0.05, 0.1) is 6.07 Å². The van der Waals surface area contributed by atoms with E-state index in [-0.39, 0.29) is 10.5 Å². The molecule has 3 heteroatoms. The highest BCUT2D eigenvalue weighted by Crippen LogP contribution is 2.62. The third-order valence-corrected chi connectivity index (χ3v) is 13.3. The van der Waals surface area contributed by atoms with E-state index in [1.807, 2.05) is 6.08 Å². The van der Waals surface area contributed by atoms with Crippen molar-refractivity contribution in [1.82, 2.24) is 0 Å². The first-order valence-electron chi connectivity index (χ1n) is 11.5. The first kappa shape index (κ1) is 20.7. The van der Waals surface area contributed by atoms with Gasteiger partial charge in [-0.3, -0.25) is 0 Å². The van der Waals surface area contributed by atoms with E-state index in [9.17, 15) is 5.26 Å². The van der Waals surface area contributed by atoms with E-state index in [4.69, 9.17) is 4.43 Å². The van der Waals surface area contributed by atoms with Crippen molar-refractivity contribution in [2.24, 2.45) is 17.3 Å². The zero-order valence-corrected chi connectivity index (χ0v) is 20.1. The third kappa shape index (κ3) is 3.38. The number of nitriles is 1. The highest BCUT2D eigenvalue weighted by Gasteiger charge is 2.52. The Morgan fingerprint density at radius 3 is 2.62 bits per heavy atom. The number of benzene rings is 1. The highest BCUT2D eigenvalue weighted by molar-refractivity contribution is 6.74. The number of allylic oxidation sites excluding steroid dienone is 2. The topological polar surface area (TPSA) is 33.0 Å². The molecule has 29 heavy (non-hydrogen) atoms. The van der Waals surface area contributed by atoms with Gasteiger partial charge in [0.2, 0.25) is 8.32 Å². The van der Waals surface area contributed by atoms with E-state index >= 15 is 0 Å². The SMILES string of the molecule is CC(C)(C)[Si](C)(C)Oc1ccc2c(c1)CCC1C2CC[C@]2(C)C(=CC#N)CCC12. The second-order valence-corrected chi connectivity index (χ2v) is 16.2. The number of nitrogens with zero attached hydrogens (tertiary/aromatic N) is 1. The van der Waals surface area contributed by atoms with Crippen LogP contribution in [0.1, 0.15) is 76.8 Å². The van der Waals surface area contributed by atoms with E-state index in [2.05, 4.69) is 65.1 Å². The lowest BCUT2D eigenvalue weighted by Crippen LogP contribution is -2.44. The number of hydrogen-bond acceptors (Lipinski definition) is 2. The molecular weight excluding hydrogens is 370 g/mol. The molecule has 1 aromatic carbocycles. The average molecular weight is 408 g/mol. The number of aryl methyl sites for hydroxylation is 1. The minimum Gasteiger partial charge on any atom is -0.543 e. The van der Waals surface area contributed by atoms with Crippen LogP contribution in [0.3, 0.4) is 0 Å². The van der Waals surface area contributed by atoms with Gasteiger partial charge in [-0.1, -0.05) is 39.3 Å². The molecule has 0 saturated heterocycles. The van der Waals surface area contributed by atoms with Crippen molar-refractivity contribution in [3.05, 3.63) is 41.0 Å². The summed E-state index contributed by atoms with van der Waals surface area (Å²) in [6.07, 6.45) is 9.22. The minimum atomic E-state index is -1.80. The maximum Gasteiger partial charge on any atom is 0.250 e. The summed E-state index contributed by atoms with van der Waals surface area (Å²) < 4.78 is 6.60. The molecule has 2 nitrogen and oxygen atoms in total. The van der Waals surface area contributed by atoms with Crippen LogP contribution in [0.25, 0.3) is 0 Å². The molecule has 0 heterocycles. The van der Waals surface area contributed by atoms with Crippen LogP contribution in [-0.4, -0.2) is 8.32 Å². The number of rotatable bonds is 2. The molecule has 2 fully saturated rings. The fraction of sp³-hybridized carbons (Fsp3) is 0.654. The molecule has 156 valence electrons. The fourth-order valence-electron chi connectivity index (χ4n) is 6.23. The zero-order valence-electron chi connectivity index (χ0n) is 19.1. The van der Waals surface area contributed by atoms with E-state index < -0.39 is 8.32 Å². The van der Waals surface area contributed by atoms with Crippen LogP contribution in [0.15, 0.2) is 29.8 Å². The predicted molar refractivity (Wildman–Crippen MR) is 123 cm³/mol. The van der Waals surface area contributed by atoms with Gasteiger partial charge in [0.25, 0.3) is 0 Å². The Kier molecular flexibility index (Phi) is 5.01. The minimum absolute atomic E-state index is 0.221. The van der Waals surface area contributed by atoms with Gasteiger partial charge in [0.1, 0.15) is 5.75 Å². The van der Waals surface area contributed by atoms with Crippen LogP contribution in [-0.2, 0) is 6.42 Å². The van der Waals surface area contributed by atoms with Gasteiger partial charge >= 0.3 is 0 Å². The molecule has 3 aliphatic rings. The molecule has 3 unspecified atom stereocenters. The van der Waals surface area contributed by atoms with Gasteiger partial charge < -0.3 is 4.43 Å². The molecule has 0 aromatic heterocycles. The standard InChI is InChI=1S/C26H37NOSi/c1-25(2,3)29(5,6)28-20-9-11-21-18(17-20)7-10-23-22(21)13-15-26(4)19(14-16-27)8-12-24(23)26/h9,11,14,17,22-24H,7-8,10,12-13,15H2,1-6H3/t22?,23?,24?,26-/m1/s1. The van der Waals surface area contributed by atoms with E-state index in [0.717, 1.165) is 24.0 Å². The van der Waals surface area contributed by atoms with Gasteiger partial charge in [0.15, 0.2) is 0 Å². The normalized spacial score (nSPS) is 32.9. The van der Waals surface area contributed by atoms with E-state index in [1.54, 1.807) is 5.56 Å². The second kappa shape index (κ2) is 7.01. The molecule has 0 N–H and O–H groups in total. The average Bonchev–Trinajstić information content (AvgIpc) is 2.97. The van der Waals surface area contributed by atoms with Crippen LogP contribution in [0, 0.1) is 28.6 Å². The Morgan fingerprint density at radius 1 is 1.17 bits per heavy atom. The Labute approximate surface area is 178 Å². The molecule has 1 aromatic rings. The summed E-state index contributed by atoms with van der Waals surface area (Å²) in [4.78, 5) is 0. The van der Waals surface area contributed by atoms with Crippen LogP contribution in [0.5, 0.6) is 5.75 Å². The van der Waals surface area contributed by atoms with Crippen LogP contribution in [0.2, 0.25) is 18.1 Å². The first-order valence-corrected chi connectivity index (χ1v) is 14.4. The van der Waals surface area contributed by atoms with Crippen molar-refractivity contribution in [3.8, 4) is 11.8 Å². The molecule has 4 atom stereocenters. The predicted octanol–water partition coefficient (Wildman–Crippen LogP) is 7.38. The molecule has 0 aliphatic heterocycles. The van der Waals surface area contributed by atoms with Gasteiger partial charge in [-0.25, -0.2) is 0 Å². The lowest BCUT2D eigenvalue weighted by Gasteiger charge is -2.49. The van der Waals surface area contributed by atoms with Crippen molar-refractivity contribution in [3.63, 3.8) is 0 Å². The van der Waals surface area contributed by atoms with E-state index in [0.29, 0.717) is 5.92 Å². The van der Waals surface area contributed by atoms with Crippen LogP contribution >= 0.6 is 0 Å². The van der Waals surface area contributed by atoms with Crippen molar-refractivity contribution >= 4 is 8.32 Å². The Bertz CT molecular complexity index is 872. The lowest BCUT2D eigenvalue weighted by molar-refractivity contribution is 0.0814. The Morgan fingerprint density at radius 2 is 1.93 bits per heavy atom. The number of hydrogen-bond donors (Lipinski definition) is 0. The molecule has 0 bridgehead atoms. The summed E-state index contributed by atoms with van der Waals surface area (Å²) >= 11 is 0. The van der Waals surface area contributed by atoms with E-state index in [1.165, 1.54) is 43.2 Å². The summed E-state index contributed by atoms with van der Waals surface area (Å²) in [5, 5.41) is 9.44. The van der Waals surface area contributed by atoms with Crippen molar-refractivity contribution in [1.29, 1.82) is 5.26 Å². The van der Waals surface area contributed by atoms with Gasteiger partial charge in [0, 0.05) is 6.08 Å². The number of fused-ring (bicyclic) bond motifs is 5. The summed E-state index contributed by atoms with van der Waals surface area (Å²) in [7, 11) is -1.80. The van der Waals surface area contributed by atoms with Gasteiger partial charge in [-0.05, 0) is 103 Å². The Hall–Kier alpha value is -1.53. The smallest absolute Gasteiger partial charge is 0.250 e. The monoisotopic (exact) mass is 407 g/mol. The van der Waals surface area contributed by atoms with Gasteiger partial charge in [-0.2, -0.15) is 5.26 Å². The molecular formula is C26H37NOSi. The van der Waals surface area contributed by atoms with Crippen molar-refractivity contribution < 1.29 is 4.43 Å². The Balaban J connectivity index is 1.59. The third-order valence-electron chi connectivity index (χ3n) is 8.96. The lowest BCUT2D eigenvalue weighted by atomic mass is 9.55. The highest BCUT2D eigenvalue weighted by atomic mass is 28.4. The maximum atomic E-state index is 9.22. The van der Waals surface area contributed by atoms with Gasteiger partial charge in [-0.15, -0.1) is 0 Å². The summed E-state index contributed by atoms with van der Waals surface area (Å²) in [5.41, 5.74) is 4.80. The van der Waals surface area contributed by atoms with Crippen molar-refractivity contribution in [2.45, 2.75) is 90.3 Å². The summed E-state index contributed by atoms with van der Waals surface area (Å²) in [6.45, 7) is 14.0. The van der Waals surface area contributed by atoms with Crippen LogP contribution < -0.4 is 4.43 Å². The zero-order chi connectivity index (χ0) is 21.0. The molecule has 0 amide bonds. The van der Waals surface area contributed by atoms with Crippen LogP contribution in [0.4, 0.5) is 0 Å². The summed E-state index contributed by atoms with van der Waals surface area (Å²) in [6, 6.07) is 9.30. The molecule has 3 aliphatic carbocycles. The molecule has 0 radical (unpaired) electrons. The molecule has 0 spiro atoms. The summed E-state index contributed by atoms with van der Waals surface area (Å²) in [5.74, 6) is 3.30. The first-order chi connectivity index (χ1) is 13.6. The van der Waals surface area contributed by atoms with Crippen molar-refractivity contribution in [2.75, 3.05) is 0 Å². The molecule has 4 rings (SSSR count).